The van der Waals surface area contributed by atoms with Gasteiger partial charge in [0.1, 0.15) is 0 Å². The van der Waals surface area contributed by atoms with Gasteiger partial charge in [-0.25, -0.2) is 12.7 Å². The Labute approximate surface area is 159 Å². The molecule has 0 unspecified atom stereocenters. The summed E-state index contributed by atoms with van der Waals surface area (Å²) in [5.41, 5.74) is 2.44. The zero-order chi connectivity index (χ0) is 20.0. The highest BCUT2D eigenvalue weighted by atomic mass is 32.2. The van der Waals surface area contributed by atoms with Gasteiger partial charge in [-0.05, 0) is 63.6 Å². The summed E-state index contributed by atoms with van der Waals surface area (Å²) in [5, 5.41) is 2.84. The highest BCUT2D eigenvalue weighted by Crippen LogP contribution is 2.35. The van der Waals surface area contributed by atoms with Gasteiger partial charge in [-0.1, -0.05) is 17.7 Å². The second kappa shape index (κ2) is 6.49. The third kappa shape index (κ3) is 3.60. The molecule has 6 nitrogen and oxygen atoms in total. The van der Waals surface area contributed by atoms with Crippen molar-refractivity contribution in [3.05, 3.63) is 59.2 Å². The summed E-state index contributed by atoms with van der Waals surface area (Å²) in [7, 11) is -3.71. The van der Waals surface area contributed by atoms with Gasteiger partial charge in [0, 0.05) is 11.3 Å². The smallest absolute Gasteiger partial charge is 0.255 e. The van der Waals surface area contributed by atoms with E-state index >= 15 is 0 Å². The van der Waals surface area contributed by atoms with Crippen molar-refractivity contribution in [3.8, 4) is 0 Å². The largest absolute Gasteiger partial charge is 0.322 e. The molecule has 0 radical (unpaired) electrons. The molecule has 1 fully saturated rings. The monoisotopic (exact) mass is 386 g/mol. The number of benzene rings is 2. The summed E-state index contributed by atoms with van der Waals surface area (Å²) in [5.74, 6) is -0.993. The van der Waals surface area contributed by atoms with Crippen LogP contribution < -0.4 is 9.62 Å². The van der Waals surface area contributed by atoms with E-state index in [1.165, 1.54) is 24.3 Å². The maximum Gasteiger partial charge on any atom is 0.255 e. The topological polar surface area (TPSA) is 83.6 Å². The lowest BCUT2D eigenvalue weighted by Crippen LogP contribution is -2.32. The number of carbonyl (C=O) groups is 2. The first-order valence-corrected chi connectivity index (χ1v) is 10.2. The minimum Gasteiger partial charge on any atom is -0.322 e. The summed E-state index contributed by atoms with van der Waals surface area (Å²) in [6, 6.07) is 11.7. The molecule has 27 heavy (non-hydrogen) atoms. The summed E-state index contributed by atoms with van der Waals surface area (Å²) in [6.45, 7) is 7.11. The molecule has 3 rings (SSSR count). The summed E-state index contributed by atoms with van der Waals surface area (Å²) in [6.07, 6.45) is 0. The minimum atomic E-state index is -3.71. The molecule has 1 aliphatic heterocycles. The minimum absolute atomic E-state index is 0.228. The maximum absolute atomic E-state index is 12.5. The molecule has 1 saturated heterocycles. The molecule has 2 aromatic rings. The van der Waals surface area contributed by atoms with E-state index in [1.807, 2.05) is 32.0 Å². The van der Waals surface area contributed by atoms with Gasteiger partial charge < -0.3 is 5.32 Å². The van der Waals surface area contributed by atoms with Crippen molar-refractivity contribution >= 4 is 33.2 Å². The molecule has 1 aliphatic rings. The first-order valence-electron chi connectivity index (χ1n) is 8.57. The molecule has 0 aromatic heterocycles. The van der Waals surface area contributed by atoms with Crippen LogP contribution in [0.4, 0.5) is 11.4 Å². The maximum atomic E-state index is 12.5. The lowest BCUT2D eigenvalue weighted by Gasteiger charge is -2.17. The molecule has 142 valence electrons. The van der Waals surface area contributed by atoms with Gasteiger partial charge in [-0.3, -0.25) is 9.59 Å². The molecule has 2 aromatic carbocycles. The first kappa shape index (κ1) is 19.1. The molecule has 0 saturated carbocycles. The van der Waals surface area contributed by atoms with E-state index in [1.54, 1.807) is 13.8 Å². The van der Waals surface area contributed by atoms with Crippen molar-refractivity contribution in [3.63, 3.8) is 0 Å². The molecule has 1 heterocycles. The fourth-order valence-electron chi connectivity index (χ4n) is 3.16. The highest BCUT2D eigenvalue weighted by Gasteiger charge is 2.49. The fourth-order valence-corrected chi connectivity index (χ4v) is 5.27. The Balaban J connectivity index is 1.83. The molecular formula is C20H22N2O4S. The SMILES string of the molecule is Cc1ccc(NC(=O)c2ccc(N3C(=O)C(C)(C)CS3(=O)=O)cc2)c(C)c1. The Kier molecular flexibility index (Phi) is 4.59. The Morgan fingerprint density at radius 2 is 1.70 bits per heavy atom. The van der Waals surface area contributed by atoms with Gasteiger partial charge in [0.15, 0.2) is 0 Å². The van der Waals surface area contributed by atoms with Crippen molar-refractivity contribution in [1.82, 2.24) is 0 Å². The number of hydrogen-bond acceptors (Lipinski definition) is 4. The Morgan fingerprint density at radius 3 is 2.22 bits per heavy atom. The number of nitrogens with one attached hydrogen (secondary N) is 1. The van der Waals surface area contributed by atoms with Crippen LogP contribution in [-0.4, -0.2) is 26.0 Å². The molecule has 7 heteroatoms. The van der Waals surface area contributed by atoms with Gasteiger partial charge in [0.25, 0.3) is 5.91 Å². The third-order valence-corrected chi connectivity index (χ3v) is 6.60. The Hall–Kier alpha value is -2.67. The lowest BCUT2D eigenvalue weighted by atomic mass is 9.95. The van der Waals surface area contributed by atoms with E-state index in [4.69, 9.17) is 0 Å². The van der Waals surface area contributed by atoms with E-state index in [2.05, 4.69) is 5.32 Å². The average molecular weight is 386 g/mol. The Morgan fingerprint density at radius 1 is 1.07 bits per heavy atom. The van der Waals surface area contributed by atoms with Crippen LogP contribution in [-0.2, 0) is 14.8 Å². The number of anilines is 2. The Bertz CT molecular complexity index is 1020. The van der Waals surface area contributed by atoms with Crippen LogP contribution in [0.5, 0.6) is 0 Å². The van der Waals surface area contributed by atoms with E-state index in [0.717, 1.165) is 15.4 Å². The number of carbonyl (C=O) groups excluding carboxylic acids is 2. The molecule has 0 aliphatic carbocycles. The number of rotatable bonds is 3. The number of sulfonamides is 1. The lowest BCUT2D eigenvalue weighted by molar-refractivity contribution is -0.123. The predicted molar refractivity (Wildman–Crippen MR) is 105 cm³/mol. The van der Waals surface area contributed by atoms with Crippen LogP contribution >= 0.6 is 0 Å². The number of aryl methyl sites for hydroxylation is 2. The number of amides is 2. The van der Waals surface area contributed by atoms with Crippen molar-refractivity contribution < 1.29 is 18.0 Å². The number of nitrogens with zero attached hydrogens (tertiary/aromatic N) is 1. The zero-order valence-electron chi connectivity index (χ0n) is 15.7. The van der Waals surface area contributed by atoms with Crippen LogP contribution in [0.2, 0.25) is 0 Å². The van der Waals surface area contributed by atoms with Crippen LogP contribution in [0.25, 0.3) is 0 Å². The zero-order valence-corrected chi connectivity index (χ0v) is 16.6. The molecule has 0 bridgehead atoms. The van der Waals surface area contributed by atoms with Crippen molar-refractivity contribution in [1.29, 1.82) is 0 Å². The summed E-state index contributed by atoms with van der Waals surface area (Å²) in [4.78, 5) is 24.9. The second-order valence-electron chi connectivity index (χ2n) is 7.53. The predicted octanol–water partition coefficient (Wildman–Crippen LogP) is 3.26. The van der Waals surface area contributed by atoms with Gasteiger partial charge in [0.05, 0.1) is 16.9 Å². The average Bonchev–Trinajstić information content (AvgIpc) is 2.73. The summed E-state index contributed by atoms with van der Waals surface area (Å²) < 4.78 is 25.5. The number of hydrogen-bond donors (Lipinski definition) is 1. The van der Waals surface area contributed by atoms with Crippen molar-refractivity contribution in [2.45, 2.75) is 27.7 Å². The van der Waals surface area contributed by atoms with Gasteiger partial charge in [0.2, 0.25) is 15.9 Å². The van der Waals surface area contributed by atoms with E-state index in [-0.39, 0.29) is 17.3 Å². The van der Waals surface area contributed by atoms with E-state index in [0.29, 0.717) is 11.3 Å². The van der Waals surface area contributed by atoms with Crippen LogP contribution in [0, 0.1) is 19.3 Å². The molecular weight excluding hydrogens is 364 g/mol. The van der Waals surface area contributed by atoms with Gasteiger partial charge in [-0.2, -0.15) is 0 Å². The quantitative estimate of drug-likeness (QED) is 0.878. The second-order valence-corrected chi connectivity index (χ2v) is 9.35. The fraction of sp³-hybridized carbons (Fsp3) is 0.300. The van der Waals surface area contributed by atoms with Gasteiger partial charge >= 0.3 is 0 Å². The first-order chi connectivity index (χ1) is 12.5. The van der Waals surface area contributed by atoms with Crippen molar-refractivity contribution in [2.24, 2.45) is 5.41 Å². The highest BCUT2D eigenvalue weighted by molar-refractivity contribution is 7.94. The molecule has 0 spiro atoms. The normalized spacial score (nSPS) is 17.8. The molecule has 2 amide bonds. The van der Waals surface area contributed by atoms with Crippen LogP contribution in [0.15, 0.2) is 42.5 Å². The van der Waals surface area contributed by atoms with Crippen LogP contribution in [0.3, 0.4) is 0 Å². The third-order valence-electron chi connectivity index (χ3n) is 4.58. The van der Waals surface area contributed by atoms with Crippen molar-refractivity contribution in [2.75, 3.05) is 15.4 Å². The molecule has 1 N–H and O–H groups in total. The van der Waals surface area contributed by atoms with E-state index in [9.17, 15) is 18.0 Å². The van der Waals surface area contributed by atoms with E-state index < -0.39 is 21.3 Å². The molecule has 0 atom stereocenters. The standard InChI is InChI=1S/C20H22N2O4S/c1-13-5-10-17(14(2)11-13)21-18(23)15-6-8-16(9-7-15)22-19(24)20(3,4)12-27(22,25)26/h5-11H,12H2,1-4H3,(H,21,23). The van der Waals surface area contributed by atoms with Crippen LogP contribution in [0.1, 0.15) is 35.3 Å². The van der Waals surface area contributed by atoms with Gasteiger partial charge in [-0.15, -0.1) is 0 Å². The summed E-state index contributed by atoms with van der Waals surface area (Å²) >= 11 is 0.